The molecule has 0 saturated carbocycles. The van der Waals surface area contributed by atoms with Gasteiger partial charge in [0, 0.05) is 0 Å². The summed E-state index contributed by atoms with van der Waals surface area (Å²) in [5, 5.41) is 0. The van der Waals surface area contributed by atoms with Gasteiger partial charge in [-0.2, -0.15) is 13.5 Å². The van der Waals surface area contributed by atoms with E-state index in [0.717, 1.165) is 0 Å². The summed E-state index contributed by atoms with van der Waals surface area (Å²) in [6.45, 7) is 5.77. The quantitative estimate of drug-likeness (QED) is 0.647. The van der Waals surface area contributed by atoms with Gasteiger partial charge in [0.25, 0.3) is 0 Å². The van der Waals surface area contributed by atoms with Gasteiger partial charge in [-0.25, -0.2) is 0 Å². The maximum atomic E-state index is 11.0. The Morgan fingerprint density at radius 3 is 1.64 bits per heavy atom. The van der Waals surface area contributed by atoms with Crippen LogP contribution < -0.4 is 0 Å². The average molecular weight is 177 g/mol. The van der Waals surface area contributed by atoms with Gasteiger partial charge in [-0.05, 0) is 26.9 Å². The van der Waals surface area contributed by atoms with E-state index in [0.29, 0.717) is 5.92 Å². The van der Waals surface area contributed by atoms with E-state index >= 15 is 0 Å². The number of Topliss-reactive ketones (excluding diaryl/α,β-unsaturated/α-hetero) is 1. The molecule has 0 rings (SSSR count). The molecule has 68 valence electrons. The minimum Gasteiger partial charge on any atom is -0.300 e. The number of hydrogen-bond donors (Lipinski definition) is 0. The summed E-state index contributed by atoms with van der Waals surface area (Å²) in [6.07, 6.45) is 0. The minimum absolute atomic E-state index is 0. The van der Waals surface area contributed by atoms with Crippen LogP contribution >= 0.6 is 13.5 Å². The van der Waals surface area contributed by atoms with E-state index in [1.54, 1.807) is 6.92 Å². The van der Waals surface area contributed by atoms with Gasteiger partial charge < -0.3 is 0 Å². The first-order chi connectivity index (χ1) is 4.46. The first-order valence-corrected chi connectivity index (χ1v) is 3.63. The number of likely N-dealkylation sites (N-methyl/N-ethyl adjacent to an activating group) is 1. The zero-order valence-electron chi connectivity index (χ0n) is 8.01. The highest BCUT2D eigenvalue weighted by Gasteiger charge is 2.19. The van der Waals surface area contributed by atoms with Gasteiger partial charge in [0.15, 0.2) is 0 Å². The molecule has 0 aliphatic carbocycles. The summed E-state index contributed by atoms with van der Waals surface area (Å²) in [4.78, 5) is 13.0. The molecule has 2 nitrogen and oxygen atoms in total. The van der Waals surface area contributed by atoms with Crippen LogP contribution in [-0.4, -0.2) is 30.8 Å². The van der Waals surface area contributed by atoms with E-state index in [9.17, 15) is 4.79 Å². The van der Waals surface area contributed by atoms with Crippen molar-refractivity contribution in [1.29, 1.82) is 0 Å². The SMILES string of the molecule is CC(=O)[C@H](C(C)C)N(C)C.S. The monoisotopic (exact) mass is 177 g/mol. The zero-order chi connectivity index (χ0) is 8.31. The first kappa shape index (κ1) is 13.6. The third-order valence-corrected chi connectivity index (χ3v) is 1.60. The largest absolute Gasteiger partial charge is 0.300 e. The van der Waals surface area contributed by atoms with Gasteiger partial charge in [0.05, 0.1) is 6.04 Å². The lowest BCUT2D eigenvalue weighted by Gasteiger charge is -2.24. The van der Waals surface area contributed by atoms with Crippen LogP contribution in [0.5, 0.6) is 0 Å². The van der Waals surface area contributed by atoms with Crippen LogP contribution in [0.15, 0.2) is 0 Å². The number of nitrogens with zero attached hydrogens (tertiary/aromatic N) is 1. The van der Waals surface area contributed by atoms with E-state index < -0.39 is 0 Å². The Morgan fingerprint density at radius 1 is 1.27 bits per heavy atom. The number of carbonyl (C=O) groups excluding carboxylic acids is 1. The van der Waals surface area contributed by atoms with Crippen molar-refractivity contribution in [1.82, 2.24) is 4.90 Å². The fourth-order valence-electron chi connectivity index (χ4n) is 1.43. The van der Waals surface area contributed by atoms with Gasteiger partial charge in [-0.3, -0.25) is 9.69 Å². The molecule has 0 amide bonds. The summed E-state index contributed by atoms with van der Waals surface area (Å²) in [6, 6.07) is 0.0833. The molecule has 0 fully saturated rings. The number of rotatable bonds is 3. The number of ketones is 1. The highest BCUT2D eigenvalue weighted by Crippen LogP contribution is 2.07. The highest BCUT2D eigenvalue weighted by molar-refractivity contribution is 7.59. The van der Waals surface area contributed by atoms with Gasteiger partial charge >= 0.3 is 0 Å². The standard InChI is InChI=1S/C8H17NO.H2S/c1-6(2)8(7(3)10)9(4)5;/h6,8H,1-5H3;1H2/t8-;/m0./s1. The molecular weight excluding hydrogens is 158 g/mol. The molecule has 0 bridgehead atoms. The molecule has 0 aromatic rings. The summed E-state index contributed by atoms with van der Waals surface area (Å²) in [7, 11) is 3.87. The molecule has 3 heteroatoms. The minimum atomic E-state index is 0. The van der Waals surface area contributed by atoms with Crippen molar-refractivity contribution < 1.29 is 4.79 Å². The Balaban J connectivity index is 0. The normalized spacial score (nSPS) is 13.0. The van der Waals surface area contributed by atoms with Gasteiger partial charge in [0.1, 0.15) is 5.78 Å². The van der Waals surface area contributed by atoms with Crippen molar-refractivity contribution in [2.45, 2.75) is 26.8 Å². The summed E-state index contributed by atoms with van der Waals surface area (Å²) < 4.78 is 0. The molecule has 0 saturated heterocycles. The Morgan fingerprint density at radius 2 is 1.64 bits per heavy atom. The third kappa shape index (κ3) is 4.43. The Bertz CT molecular complexity index is 115. The highest BCUT2D eigenvalue weighted by atomic mass is 32.1. The predicted molar refractivity (Wildman–Crippen MR) is 53.4 cm³/mol. The Hall–Kier alpha value is -0.0200. The summed E-state index contributed by atoms with van der Waals surface area (Å²) in [5.41, 5.74) is 0. The molecule has 1 atom stereocenters. The van der Waals surface area contributed by atoms with Crippen LogP contribution in [-0.2, 0) is 4.79 Å². The molecule has 0 aliphatic heterocycles. The predicted octanol–water partition coefficient (Wildman–Crippen LogP) is 1.27. The molecule has 0 unspecified atom stereocenters. The van der Waals surface area contributed by atoms with Crippen LogP contribution in [0.1, 0.15) is 20.8 Å². The van der Waals surface area contributed by atoms with E-state index in [4.69, 9.17) is 0 Å². The van der Waals surface area contributed by atoms with Crippen molar-refractivity contribution in [3.05, 3.63) is 0 Å². The van der Waals surface area contributed by atoms with Crippen molar-refractivity contribution in [2.75, 3.05) is 14.1 Å². The zero-order valence-corrected chi connectivity index (χ0v) is 9.01. The lowest BCUT2D eigenvalue weighted by atomic mass is 10.0. The second-order valence-corrected chi connectivity index (χ2v) is 3.26. The van der Waals surface area contributed by atoms with Crippen LogP contribution in [0, 0.1) is 5.92 Å². The molecule has 0 aromatic heterocycles. The lowest BCUT2D eigenvalue weighted by Crippen LogP contribution is -2.38. The van der Waals surface area contributed by atoms with Gasteiger partial charge in [-0.15, -0.1) is 0 Å². The Kier molecular flexibility index (Phi) is 6.91. The van der Waals surface area contributed by atoms with E-state index in [2.05, 4.69) is 13.8 Å². The van der Waals surface area contributed by atoms with Crippen molar-refractivity contribution in [3.8, 4) is 0 Å². The fraction of sp³-hybridized carbons (Fsp3) is 0.875. The maximum Gasteiger partial charge on any atom is 0.147 e. The fourth-order valence-corrected chi connectivity index (χ4v) is 1.43. The summed E-state index contributed by atoms with van der Waals surface area (Å²) >= 11 is 0. The maximum absolute atomic E-state index is 11.0. The summed E-state index contributed by atoms with van der Waals surface area (Å²) in [5.74, 6) is 0.660. The number of carbonyl (C=O) groups is 1. The van der Waals surface area contributed by atoms with Crippen LogP contribution in [0.2, 0.25) is 0 Å². The third-order valence-electron chi connectivity index (χ3n) is 1.60. The van der Waals surface area contributed by atoms with Crippen LogP contribution in [0.3, 0.4) is 0 Å². The molecule has 0 aromatic carbocycles. The molecule has 11 heavy (non-hydrogen) atoms. The van der Waals surface area contributed by atoms with Gasteiger partial charge in [0.2, 0.25) is 0 Å². The molecular formula is C8H19NOS. The lowest BCUT2D eigenvalue weighted by molar-refractivity contribution is -0.122. The van der Waals surface area contributed by atoms with Crippen LogP contribution in [0.4, 0.5) is 0 Å². The van der Waals surface area contributed by atoms with Crippen LogP contribution in [0.25, 0.3) is 0 Å². The molecule has 0 heterocycles. The van der Waals surface area contributed by atoms with Crippen molar-refractivity contribution in [3.63, 3.8) is 0 Å². The average Bonchev–Trinajstić information content (AvgIpc) is 1.59. The topological polar surface area (TPSA) is 20.3 Å². The first-order valence-electron chi connectivity index (χ1n) is 3.63. The van der Waals surface area contributed by atoms with Crippen molar-refractivity contribution in [2.24, 2.45) is 5.92 Å². The second-order valence-electron chi connectivity index (χ2n) is 3.26. The van der Waals surface area contributed by atoms with E-state index in [1.165, 1.54) is 0 Å². The molecule has 0 spiro atoms. The van der Waals surface area contributed by atoms with Crippen molar-refractivity contribution >= 4 is 19.3 Å². The van der Waals surface area contributed by atoms with Gasteiger partial charge in [-0.1, -0.05) is 13.8 Å². The molecule has 0 radical (unpaired) electrons. The second kappa shape index (κ2) is 5.61. The molecule has 0 aliphatic rings. The van der Waals surface area contributed by atoms with E-state index in [1.807, 2.05) is 19.0 Å². The Labute approximate surface area is 76.4 Å². The number of hydrogen-bond acceptors (Lipinski definition) is 2. The molecule has 0 N–H and O–H groups in total. The smallest absolute Gasteiger partial charge is 0.147 e. The van der Waals surface area contributed by atoms with E-state index in [-0.39, 0.29) is 25.3 Å².